The Balaban J connectivity index is 1.83. The number of hydroxylamine groups is 1. The maximum Gasteiger partial charge on any atom is 0.428 e. The van der Waals surface area contributed by atoms with Crippen LogP contribution in [-0.2, 0) is 10.4 Å². The van der Waals surface area contributed by atoms with Gasteiger partial charge in [0, 0.05) is 33.3 Å². The van der Waals surface area contributed by atoms with Crippen molar-refractivity contribution in [1.82, 2.24) is 10.8 Å². The van der Waals surface area contributed by atoms with Crippen LogP contribution in [0.3, 0.4) is 0 Å². The van der Waals surface area contributed by atoms with E-state index in [2.05, 4.69) is 16.0 Å². The van der Waals surface area contributed by atoms with Gasteiger partial charge in [0.15, 0.2) is 0 Å². The van der Waals surface area contributed by atoms with Crippen LogP contribution < -0.4 is 10.8 Å². The normalized spacial score (nSPS) is 17.9. The van der Waals surface area contributed by atoms with E-state index in [0.29, 0.717) is 21.9 Å². The molecule has 0 aliphatic carbocycles. The Labute approximate surface area is 201 Å². The van der Waals surface area contributed by atoms with Gasteiger partial charge in [-0.2, -0.15) is 18.1 Å². The van der Waals surface area contributed by atoms with Gasteiger partial charge in [-0.1, -0.05) is 58.7 Å². The molecule has 1 aliphatic heterocycles. The van der Waals surface area contributed by atoms with Crippen LogP contribution in [0.2, 0.25) is 10.0 Å². The summed E-state index contributed by atoms with van der Waals surface area (Å²) in [5.41, 5.74) is 0.0189. The summed E-state index contributed by atoms with van der Waals surface area (Å²) < 4.78 is 42.9. The van der Waals surface area contributed by atoms with Gasteiger partial charge in [-0.05, 0) is 41.1 Å². The predicted octanol–water partition coefficient (Wildman–Crippen LogP) is 5.98. The fourth-order valence-corrected chi connectivity index (χ4v) is 4.31. The number of carbonyl (C=O) groups is 1. The van der Waals surface area contributed by atoms with Crippen LogP contribution in [0.5, 0.6) is 0 Å². The van der Waals surface area contributed by atoms with E-state index in [1.54, 1.807) is 24.3 Å². The molecule has 1 unspecified atom stereocenters. The van der Waals surface area contributed by atoms with Gasteiger partial charge < -0.3 is 5.32 Å². The number of amides is 1. The zero-order valence-corrected chi connectivity index (χ0v) is 18.8. The summed E-state index contributed by atoms with van der Waals surface area (Å²) in [5.74, 6) is -0.436. The minimum Gasteiger partial charge on any atom is -0.350 e. The van der Waals surface area contributed by atoms with E-state index in [0.717, 1.165) is 18.2 Å². The van der Waals surface area contributed by atoms with Crippen molar-refractivity contribution in [3.63, 3.8) is 0 Å². The Hall–Kier alpha value is -3.14. The Morgan fingerprint density at radius 1 is 1.06 bits per heavy atom. The zero-order valence-electron chi connectivity index (χ0n) is 17.2. The van der Waals surface area contributed by atoms with E-state index in [1.165, 1.54) is 18.2 Å². The molecule has 1 amide bonds. The second kappa shape index (κ2) is 9.25. The van der Waals surface area contributed by atoms with Crippen LogP contribution in [-0.4, -0.2) is 25.2 Å². The smallest absolute Gasteiger partial charge is 0.350 e. The molecule has 1 aliphatic rings. The summed E-state index contributed by atoms with van der Waals surface area (Å²) in [6.45, 7) is -0.0157. The van der Waals surface area contributed by atoms with E-state index < -0.39 is 17.7 Å². The highest BCUT2D eigenvalue weighted by molar-refractivity contribution is 6.34. The summed E-state index contributed by atoms with van der Waals surface area (Å²) in [6.07, 6.45) is -3.93. The summed E-state index contributed by atoms with van der Waals surface area (Å²) >= 11 is 11.9. The third kappa shape index (κ3) is 4.34. The van der Waals surface area contributed by atoms with Crippen LogP contribution in [0.4, 0.5) is 13.2 Å². The van der Waals surface area contributed by atoms with E-state index >= 15 is 0 Å². The number of benzene rings is 3. The lowest BCUT2D eigenvalue weighted by Gasteiger charge is -2.28. The van der Waals surface area contributed by atoms with E-state index in [4.69, 9.17) is 28.0 Å². The molecule has 3 aromatic rings. The Morgan fingerprint density at radius 3 is 2.38 bits per heavy atom. The minimum absolute atomic E-state index is 0.0298. The number of fused-ring (bicyclic) bond motifs is 1. The van der Waals surface area contributed by atoms with Crippen molar-refractivity contribution in [3.05, 3.63) is 92.3 Å². The van der Waals surface area contributed by atoms with Crippen molar-refractivity contribution in [3.8, 4) is 0 Å². The van der Waals surface area contributed by atoms with Crippen molar-refractivity contribution in [1.29, 1.82) is 0 Å². The quantitative estimate of drug-likeness (QED) is 0.316. The second-order valence-corrected chi connectivity index (χ2v) is 8.34. The maximum absolute atomic E-state index is 14.3. The van der Waals surface area contributed by atoms with E-state index in [-0.39, 0.29) is 34.4 Å². The van der Waals surface area contributed by atoms with Gasteiger partial charge in [-0.3, -0.25) is 15.1 Å². The number of alkyl halides is 3. The van der Waals surface area contributed by atoms with Gasteiger partial charge >= 0.3 is 6.18 Å². The van der Waals surface area contributed by atoms with Crippen LogP contribution in [0.25, 0.3) is 16.5 Å². The van der Waals surface area contributed by atoms with Crippen LogP contribution >= 0.6 is 23.2 Å². The summed E-state index contributed by atoms with van der Waals surface area (Å²) in [6, 6.07) is 13.4. The Bertz CT molecular complexity index is 1290. The third-order valence-corrected chi connectivity index (χ3v) is 5.77. The lowest BCUT2D eigenvalue weighted by atomic mass is 9.90. The first-order valence-electron chi connectivity index (χ1n) is 9.96. The Kier molecular flexibility index (Phi) is 6.53. The molecule has 0 radical (unpaired) electrons. The van der Waals surface area contributed by atoms with E-state index in [1.807, 2.05) is 0 Å². The van der Waals surface area contributed by atoms with Gasteiger partial charge in [0.05, 0.1) is 12.2 Å². The molecule has 0 aromatic heterocycles. The molecule has 0 bridgehead atoms. The van der Waals surface area contributed by atoms with Crippen molar-refractivity contribution < 1.29 is 22.8 Å². The molecule has 1 heterocycles. The number of nitroso groups, excluding NO2 is 1. The number of nitrogens with zero attached hydrogens (tertiary/aromatic N) is 1. The summed E-state index contributed by atoms with van der Waals surface area (Å²) in [4.78, 5) is 28.0. The molecular weight excluding hydrogens is 494 g/mol. The standard InChI is InChI=1S/C23H16Cl2F3N3O3/c24-14-9-13(10-15(25)11-14)22(23(26,27)28)12-20(31-34-22)18-5-6-19(21(32)29-7-8-30-33)17-4-2-1-3-16(17)18/h1-6,9-12,31H,7-8H2,(H,29,32). The molecule has 1 atom stereocenters. The van der Waals surface area contributed by atoms with Crippen molar-refractivity contribution in [2.75, 3.05) is 13.1 Å². The lowest BCUT2D eigenvalue weighted by molar-refractivity contribution is -0.269. The fourth-order valence-electron chi connectivity index (χ4n) is 3.79. The molecule has 3 aromatic carbocycles. The number of halogens is 5. The topological polar surface area (TPSA) is 79.8 Å². The average molecular weight is 510 g/mol. The molecule has 6 nitrogen and oxygen atoms in total. The molecule has 0 saturated carbocycles. The van der Waals surface area contributed by atoms with E-state index in [9.17, 15) is 22.9 Å². The molecule has 2 N–H and O–H groups in total. The largest absolute Gasteiger partial charge is 0.428 e. The van der Waals surface area contributed by atoms with Crippen LogP contribution in [0.15, 0.2) is 65.9 Å². The molecule has 0 spiro atoms. The van der Waals surface area contributed by atoms with Crippen molar-refractivity contribution in [2.45, 2.75) is 11.8 Å². The number of carbonyl (C=O) groups excluding carboxylic acids is 1. The molecule has 34 heavy (non-hydrogen) atoms. The van der Waals surface area contributed by atoms with Gasteiger partial charge in [0.2, 0.25) is 5.60 Å². The minimum atomic E-state index is -4.85. The van der Waals surface area contributed by atoms with Gasteiger partial charge in [0.1, 0.15) is 0 Å². The number of rotatable bonds is 6. The molecule has 4 rings (SSSR count). The predicted molar refractivity (Wildman–Crippen MR) is 123 cm³/mol. The first-order valence-corrected chi connectivity index (χ1v) is 10.7. The number of nitrogens with one attached hydrogen (secondary N) is 2. The van der Waals surface area contributed by atoms with Crippen LogP contribution in [0, 0.1) is 4.91 Å². The number of hydrogen-bond donors (Lipinski definition) is 2. The van der Waals surface area contributed by atoms with Gasteiger partial charge in [-0.25, -0.2) is 0 Å². The molecule has 11 heteroatoms. The highest BCUT2D eigenvalue weighted by Gasteiger charge is 2.59. The first kappa shape index (κ1) is 24.0. The maximum atomic E-state index is 14.3. The van der Waals surface area contributed by atoms with Gasteiger partial charge in [0.25, 0.3) is 5.91 Å². The molecule has 0 saturated heterocycles. The monoisotopic (exact) mass is 509 g/mol. The SMILES string of the molecule is O=NCCNC(=O)c1ccc(C2=CC(c3cc(Cl)cc(Cl)c3)(C(F)(F)F)ON2)c2ccccc12. The second-order valence-electron chi connectivity index (χ2n) is 7.47. The van der Waals surface area contributed by atoms with Crippen molar-refractivity contribution >= 4 is 45.6 Å². The summed E-state index contributed by atoms with van der Waals surface area (Å²) in [7, 11) is 0. The number of hydrogen-bond acceptors (Lipinski definition) is 5. The lowest BCUT2D eigenvalue weighted by Crippen LogP contribution is -2.42. The van der Waals surface area contributed by atoms with Gasteiger partial charge in [-0.15, -0.1) is 0 Å². The first-order chi connectivity index (χ1) is 16.2. The fraction of sp³-hybridized carbons (Fsp3) is 0.174. The highest BCUT2D eigenvalue weighted by atomic mass is 35.5. The zero-order chi connectivity index (χ0) is 24.5. The summed E-state index contributed by atoms with van der Waals surface area (Å²) in [5, 5.41) is 6.37. The average Bonchev–Trinajstić information content (AvgIpc) is 3.25. The highest BCUT2D eigenvalue weighted by Crippen LogP contribution is 2.48. The third-order valence-electron chi connectivity index (χ3n) is 5.33. The molecule has 0 fully saturated rings. The van der Waals surface area contributed by atoms with Crippen LogP contribution in [0.1, 0.15) is 21.5 Å². The molecule has 176 valence electrons. The Morgan fingerprint density at radius 2 is 1.74 bits per heavy atom. The van der Waals surface area contributed by atoms with Crippen molar-refractivity contribution in [2.24, 2.45) is 5.18 Å². The molecular formula is C23H16Cl2F3N3O3.